The third-order valence-electron chi connectivity index (χ3n) is 3.62. The lowest BCUT2D eigenvalue weighted by molar-refractivity contribution is 0.0613. The van der Waals surface area contributed by atoms with E-state index in [4.69, 9.17) is 23.2 Å². The number of benzene rings is 2. The molecule has 0 bridgehead atoms. The van der Waals surface area contributed by atoms with E-state index in [-0.39, 0.29) is 11.8 Å². The Morgan fingerprint density at radius 1 is 0.875 bits per heavy atom. The maximum Gasteiger partial charge on any atom is 0.260 e. The SMILES string of the molecule is CCCCCN(C(=O)c1cccc(Cl)c1)C(=O)c1cccc(Cl)c1. The van der Waals surface area contributed by atoms with Gasteiger partial charge in [-0.1, -0.05) is 55.1 Å². The van der Waals surface area contributed by atoms with E-state index in [0.29, 0.717) is 27.7 Å². The van der Waals surface area contributed by atoms with Crippen LogP contribution in [0, 0.1) is 0 Å². The number of nitrogens with zero attached hydrogens (tertiary/aromatic N) is 1. The largest absolute Gasteiger partial charge is 0.274 e. The fourth-order valence-corrected chi connectivity index (χ4v) is 2.75. The van der Waals surface area contributed by atoms with E-state index in [2.05, 4.69) is 6.92 Å². The van der Waals surface area contributed by atoms with Crippen LogP contribution >= 0.6 is 23.2 Å². The Labute approximate surface area is 152 Å². The number of unbranched alkanes of at least 4 members (excludes halogenated alkanes) is 2. The summed E-state index contributed by atoms with van der Waals surface area (Å²) in [6.07, 6.45) is 2.71. The van der Waals surface area contributed by atoms with Crippen LogP contribution in [0.3, 0.4) is 0 Å². The maximum atomic E-state index is 12.8. The molecular formula is C19H19Cl2NO2. The van der Waals surface area contributed by atoms with Crippen molar-refractivity contribution < 1.29 is 9.59 Å². The summed E-state index contributed by atoms with van der Waals surface area (Å²) < 4.78 is 0. The molecule has 0 spiro atoms. The van der Waals surface area contributed by atoms with Crippen LogP contribution in [0.5, 0.6) is 0 Å². The van der Waals surface area contributed by atoms with Crippen LogP contribution in [0.4, 0.5) is 0 Å². The normalized spacial score (nSPS) is 10.5. The standard InChI is InChI=1S/C19H19Cl2NO2/c1-2-3-4-11-22(18(23)14-7-5-9-16(20)12-14)19(24)15-8-6-10-17(21)13-15/h5-10,12-13H,2-4,11H2,1H3. The van der Waals surface area contributed by atoms with Crippen molar-refractivity contribution in [1.29, 1.82) is 0 Å². The van der Waals surface area contributed by atoms with Gasteiger partial charge in [-0.25, -0.2) is 0 Å². The van der Waals surface area contributed by atoms with Crippen LogP contribution in [0.15, 0.2) is 48.5 Å². The van der Waals surface area contributed by atoms with Gasteiger partial charge < -0.3 is 0 Å². The van der Waals surface area contributed by atoms with E-state index in [1.165, 1.54) is 4.90 Å². The summed E-state index contributed by atoms with van der Waals surface area (Å²) in [5.74, 6) is -0.697. The zero-order chi connectivity index (χ0) is 17.5. The molecule has 0 unspecified atom stereocenters. The van der Waals surface area contributed by atoms with Crippen LogP contribution in [-0.2, 0) is 0 Å². The predicted molar refractivity (Wildman–Crippen MR) is 97.8 cm³/mol. The first-order valence-corrected chi connectivity index (χ1v) is 8.66. The Bertz CT molecular complexity index is 673. The molecule has 0 saturated carbocycles. The number of rotatable bonds is 6. The third-order valence-corrected chi connectivity index (χ3v) is 4.09. The zero-order valence-corrected chi connectivity index (χ0v) is 15.0. The lowest BCUT2D eigenvalue weighted by Gasteiger charge is -2.21. The average Bonchev–Trinajstić information content (AvgIpc) is 2.58. The molecule has 0 N–H and O–H groups in total. The molecule has 2 aromatic rings. The molecule has 2 amide bonds. The molecular weight excluding hydrogens is 345 g/mol. The van der Waals surface area contributed by atoms with Crippen molar-refractivity contribution in [2.24, 2.45) is 0 Å². The zero-order valence-electron chi connectivity index (χ0n) is 13.5. The van der Waals surface area contributed by atoms with Crippen LogP contribution < -0.4 is 0 Å². The van der Waals surface area contributed by atoms with Crippen LogP contribution in [0.2, 0.25) is 10.0 Å². The number of carbonyl (C=O) groups excluding carboxylic acids is 2. The average molecular weight is 364 g/mol. The highest BCUT2D eigenvalue weighted by atomic mass is 35.5. The minimum atomic E-state index is -0.349. The topological polar surface area (TPSA) is 37.4 Å². The highest BCUT2D eigenvalue weighted by molar-refractivity contribution is 6.31. The van der Waals surface area contributed by atoms with Gasteiger partial charge in [0.05, 0.1) is 0 Å². The van der Waals surface area contributed by atoms with Crippen LogP contribution in [0.25, 0.3) is 0 Å². The molecule has 24 heavy (non-hydrogen) atoms. The second-order valence-electron chi connectivity index (χ2n) is 5.49. The van der Waals surface area contributed by atoms with Gasteiger partial charge in [0.2, 0.25) is 0 Å². The van der Waals surface area contributed by atoms with Gasteiger partial charge in [0, 0.05) is 27.7 Å². The van der Waals surface area contributed by atoms with Crippen LogP contribution in [0.1, 0.15) is 46.9 Å². The first kappa shape index (κ1) is 18.5. The van der Waals surface area contributed by atoms with Crippen molar-refractivity contribution >= 4 is 35.0 Å². The smallest absolute Gasteiger partial charge is 0.260 e. The molecule has 126 valence electrons. The summed E-state index contributed by atoms with van der Waals surface area (Å²) >= 11 is 11.9. The van der Waals surface area contributed by atoms with Gasteiger partial charge in [-0.2, -0.15) is 0 Å². The number of carbonyl (C=O) groups is 2. The minimum absolute atomic E-state index is 0.349. The number of amides is 2. The number of hydrogen-bond acceptors (Lipinski definition) is 2. The lowest BCUT2D eigenvalue weighted by atomic mass is 10.1. The van der Waals surface area contributed by atoms with Crippen molar-refractivity contribution in [1.82, 2.24) is 4.90 Å². The summed E-state index contributed by atoms with van der Waals surface area (Å²) in [4.78, 5) is 26.9. The molecule has 3 nitrogen and oxygen atoms in total. The molecule has 0 aliphatic heterocycles. The van der Waals surface area contributed by atoms with Crippen LogP contribution in [-0.4, -0.2) is 23.3 Å². The Kier molecular flexibility index (Phi) is 6.83. The second kappa shape index (κ2) is 8.86. The van der Waals surface area contributed by atoms with Crippen molar-refractivity contribution in [2.75, 3.05) is 6.54 Å². The maximum absolute atomic E-state index is 12.8. The van der Waals surface area contributed by atoms with Gasteiger partial charge in [0.25, 0.3) is 11.8 Å². The number of halogens is 2. The first-order chi connectivity index (χ1) is 11.5. The Morgan fingerprint density at radius 3 is 1.79 bits per heavy atom. The predicted octanol–water partition coefficient (Wildman–Crippen LogP) is 5.47. The van der Waals surface area contributed by atoms with E-state index >= 15 is 0 Å². The van der Waals surface area contributed by atoms with Gasteiger partial charge in [-0.15, -0.1) is 0 Å². The Hall–Kier alpha value is -1.84. The molecule has 0 aliphatic rings. The highest BCUT2D eigenvalue weighted by Crippen LogP contribution is 2.17. The van der Waals surface area contributed by atoms with Crippen molar-refractivity contribution in [3.63, 3.8) is 0 Å². The summed E-state index contributed by atoms with van der Waals surface area (Å²) in [5.41, 5.74) is 0.795. The summed E-state index contributed by atoms with van der Waals surface area (Å²) in [7, 11) is 0. The van der Waals surface area contributed by atoms with Gasteiger partial charge in [-0.3, -0.25) is 14.5 Å². The van der Waals surface area contributed by atoms with E-state index in [9.17, 15) is 9.59 Å². The minimum Gasteiger partial charge on any atom is -0.274 e. The van der Waals surface area contributed by atoms with Crippen molar-refractivity contribution in [3.05, 3.63) is 69.7 Å². The third kappa shape index (κ3) is 4.83. The van der Waals surface area contributed by atoms with Crippen molar-refractivity contribution in [2.45, 2.75) is 26.2 Å². The molecule has 0 saturated heterocycles. The lowest BCUT2D eigenvalue weighted by Crippen LogP contribution is -2.37. The molecule has 0 radical (unpaired) electrons. The van der Waals surface area contributed by atoms with Crippen molar-refractivity contribution in [3.8, 4) is 0 Å². The molecule has 0 atom stereocenters. The first-order valence-electron chi connectivity index (χ1n) is 7.90. The molecule has 5 heteroatoms. The van der Waals surface area contributed by atoms with E-state index < -0.39 is 0 Å². The monoisotopic (exact) mass is 363 g/mol. The van der Waals surface area contributed by atoms with E-state index in [1.807, 2.05) is 0 Å². The molecule has 2 aromatic carbocycles. The molecule has 0 heterocycles. The Balaban J connectivity index is 2.29. The fourth-order valence-electron chi connectivity index (χ4n) is 2.37. The summed E-state index contributed by atoms with van der Waals surface area (Å²) in [5, 5.41) is 0.925. The molecule has 2 rings (SSSR count). The Morgan fingerprint density at radius 2 is 1.38 bits per heavy atom. The molecule has 0 fully saturated rings. The van der Waals surface area contributed by atoms with E-state index in [0.717, 1.165) is 19.3 Å². The van der Waals surface area contributed by atoms with Gasteiger partial charge >= 0.3 is 0 Å². The van der Waals surface area contributed by atoms with Gasteiger partial charge in [0.1, 0.15) is 0 Å². The summed E-state index contributed by atoms with van der Waals surface area (Å²) in [6, 6.07) is 13.2. The molecule has 0 aromatic heterocycles. The van der Waals surface area contributed by atoms with E-state index in [1.54, 1.807) is 48.5 Å². The van der Waals surface area contributed by atoms with Gasteiger partial charge in [0.15, 0.2) is 0 Å². The number of imide groups is 1. The molecule has 0 aliphatic carbocycles. The second-order valence-corrected chi connectivity index (χ2v) is 6.36. The van der Waals surface area contributed by atoms with Gasteiger partial charge in [-0.05, 0) is 42.8 Å². The fraction of sp³-hybridized carbons (Fsp3) is 0.263. The number of hydrogen-bond donors (Lipinski definition) is 0. The summed E-state index contributed by atoms with van der Waals surface area (Å²) in [6.45, 7) is 2.44. The quantitative estimate of drug-likeness (QED) is 0.504. The highest BCUT2D eigenvalue weighted by Gasteiger charge is 2.24.